The highest BCUT2D eigenvalue weighted by atomic mass is 35.5. The van der Waals surface area contributed by atoms with Gasteiger partial charge in [-0.1, -0.05) is 25.4 Å². The van der Waals surface area contributed by atoms with Gasteiger partial charge in [-0.05, 0) is 30.5 Å². The summed E-state index contributed by atoms with van der Waals surface area (Å²) >= 11 is 6.00. The second-order valence-corrected chi connectivity index (χ2v) is 7.06. The summed E-state index contributed by atoms with van der Waals surface area (Å²) in [6.45, 7) is 5.78. The van der Waals surface area contributed by atoms with Crippen LogP contribution in [0.4, 0.5) is 5.69 Å². The number of carboxylic acid groups (broad SMARTS) is 1. The lowest BCUT2D eigenvalue weighted by Gasteiger charge is -2.17. The lowest BCUT2D eigenvalue weighted by Crippen LogP contribution is -2.21. The summed E-state index contributed by atoms with van der Waals surface area (Å²) in [7, 11) is 1.58. The van der Waals surface area contributed by atoms with Crippen LogP contribution in [-0.4, -0.2) is 36.8 Å². The number of rotatable bonds is 7. The number of nitrogens with one attached hydrogen (secondary N) is 1. The van der Waals surface area contributed by atoms with Crippen LogP contribution < -0.4 is 10.1 Å². The van der Waals surface area contributed by atoms with Crippen LogP contribution >= 0.6 is 11.6 Å². The van der Waals surface area contributed by atoms with E-state index in [2.05, 4.69) is 5.32 Å². The minimum Gasteiger partial charge on any atom is -0.486 e. The molecular formula is C17H22ClNO5. The summed E-state index contributed by atoms with van der Waals surface area (Å²) in [5, 5.41) is 12.4. The minimum atomic E-state index is -0.962. The Hall–Kier alpha value is -1.79. The van der Waals surface area contributed by atoms with Gasteiger partial charge in [-0.2, -0.15) is 0 Å². The second-order valence-electron chi connectivity index (χ2n) is 6.63. The molecule has 1 amide bonds. The van der Waals surface area contributed by atoms with Crippen molar-refractivity contribution in [1.82, 2.24) is 0 Å². The number of halogens is 1. The average molecular weight is 356 g/mol. The van der Waals surface area contributed by atoms with E-state index in [1.165, 1.54) is 0 Å². The van der Waals surface area contributed by atoms with Gasteiger partial charge in [-0.3, -0.25) is 9.59 Å². The second kappa shape index (κ2) is 6.99. The molecule has 2 rings (SSSR count). The molecule has 1 unspecified atom stereocenters. The Morgan fingerprint density at radius 3 is 2.58 bits per heavy atom. The van der Waals surface area contributed by atoms with Crippen molar-refractivity contribution in [2.45, 2.75) is 26.9 Å². The summed E-state index contributed by atoms with van der Waals surface area (Å²) < 4.78 is 10.8. The van der Waals surface area contributed by atoms with Crippen LogP contribution in [-0.2, 0) is 14.3 Å². The number of benzene rings is 1. The monoisotopic (exact) mass is 355 g/mol. The molecule has 1 aromatic rings. The van der Waals surface area contributed by atoms with Gasteiger partial charge in [0.25, 0.3) is 0 Å². The first-order valence-corrected chi connectivity index (χ1v) is 8.05. The normalized spacial score (nSPS) is 22.5. The van der Waals surface area contributed by atoms with Crippen LogP contribution in [0.1, 0.15) is 20.8 Å². The molecule has 7 heteroatoms. The topological polar surface area (TPSA) is 84.9 Å². The molecule has 0 aliphatic heterocycles. The van der Waals surface area contributed by atoms with Crippen LogP contribution in [0, 0.1) is 17.3 Å². The number of anilines is 1. The molecular weight excluding hydrogens is 334 g/mol. The first kappa shape index (κ1) is 18.5. The van der Waals surface area contributed by atoms with Gasteiger partial charge in [-0.15, -0.1) is 0 Å². The zero-order chi connectivity index (χ0) is 18.1. The van der Waals surface area contributed by atoms with Crippen molar-refractivity contribution >= 4 is 29.2 Å². The Morgan fingerprint density at radius 2 is 2.04 bits per heavy atom. The molecule has 1 aliphatic carbocycles. The fraction of sp³-hybridized carbons (Fsp3) is 0.529. The molecule has 3 atom stereocenters. The first-order chi connectivity index (χ1) is 11.2. The third kappa shape index (κ3) is 3.82. The van der Waals surface area contributed by atoms with Crippen molar-refractivity contribution in [1.29, 1.82) is 0 Å². The smallest absolute Gasteiger partial charge is 0.307 e. The van der Waals surface area contributed by atoms with Crippen molar-refractivity contribution < 1.29 is 24.2 Å². The molecule has 1 saturated carbocycles. The summed E-state index contributed by atoms with van der Waals surface area (Å²) in [6, 6.07) is 4.91. The summed E-state index contributed by atoms with van der Waals surface area (Å²) in [5.74, 6) is -2.12. The number of methoxy groups -OCH3 is 1. The largest absolute Gasteiger partial charge is 0.486 e. The van der Waals surface area contributed by atoms with Crippen molar-refractivity contribution in [3.05, 3.63) is 23.2 Å². The van der Waals surface area contributed by atoms with Gasteiger partial charge < -0.3 is 19.9 Å². The zero-order valence-electron chi connectivity index (χ0n) is 14.1. The van der Waals surface area contributed by atoms with Gasteiger partial charge in [0.15, 0.2) is 0 Å². The lowest BCUT2D eigenvalue weighted by atomic mass is 10.1. The SMILES string of the molecule is COCC(C)Oc1ccc(Cl)cc1NC(=O)[C@@H]1[C@H](C(=O)O)C1(C)C. The molecule has 1 fully saturated rings. The molecule has 0 saturated heterocycles. The molecule has 0 aromatic heterocycles. The molecule has 132 valence electrons. The van der Waals surface area contributed by atoms with Crippen LogP contribution in [0.15, 0.2) is 18.2 Å². The third-order valence-corrected chi connectivity index (χ3v) is 4.54. The minimum absolute atomic E-state index is 0.212. The highest BCUT2D eigenvalue weighted by Gasteiger charge is 2.65. The Balaban J connectivity index is 2.16. The van der Waals surface area contributed by atoms with E-state index < -0.39 is 23.2 Å². The number of carbonyl (C=O) groups is 2. The fourth-order valence-corrected chi connectivity index (χ4v) is 3.16. The molecule has 6 nitrogen and oxygen atoms in total. The molecule has 24 heavy (non-hydrogen) atoms. The van der Waals surface area contributed by atoms with Crippen LogP contribution in [0.3, 0.4) is 0 Å². The zero-order valence-corrected chi connectivity index (χ0v) is 14.9. The van der Waals surface area contributed by atoms with E-state index in [1.807, 2.05) is 6.92 Å². The summed E-state index contributed by atoms with van der Waals surface area (Å²) in [6.07, 6.45) is -0.212. The Labute approximate surface area is 146 Å². The summed E-state index contributed by atoms with van der Waals surface area (Å²) in [4.78, 5) is 23.7. The first-order valence-electron chi connectivity index (χ1n) is 7.67. The number of ether oxygens (including phenoxy) is 2. The molecule has 2 N–H and O–H groups in total. The number of carboxylic acids is 1. The molecule has 0 bridgehead atoms. The van der Waals surface area contributed by atoms with Gasteiger partial charge in [-0.25, -0.2) is 0 Å². The lowest BCUT2D eigenvalue weighted by molar-refractivity contribution is -0.140. The molecule has 1 aliphatic rings. The van der Waals surface area contributed by atoms with Crippen LogP contribution in [0.25, 0.3) is 0 Å². The van der Waals surface area contributed by atoms with Gasteiger partial charge in [0.05, 0.1) is 24.1 Å². The Kier molecular flexibility index (Phi) is 5.40. The van der Waals surface area contributed by atoms with E-state index in [0.717, 1.165) is 0 Å². The number of aliphatic carboxylic acids is 1. The Morgan fingerprint density at radius 1 is 1.38 bits per heavy atom. The van der Waals surface area contributed by atoms with Crippen molar-refractivity contribution in [3.63, 3.8) is 0 Å². The molecule has 0 radical (unpaired) electrons. The fourth-order valence-electron chi connectivity index (χ4n) is 2.99. The predicted octanol–water partition coefficient (Wildman–Crippen LogP) is 3.05. The maximum absolute atomic E-state index is 12.5. The van der Waals surface area contributed by atoms with Gasteiger partial charge >= 0.3 is 5.97 Å². The maximum atomic E-state index is 12.5. The van der Waals surface area contributed by atoms with E-state index in [0.29, 0.717) is 23.1 Å². The molecule has 0 heterocycles. The number of carbonyl (C=O) groups excluding carboxylic acids is 1. The average Bonchev–Trinajstić information content (AvgIpc) is 3.05. The number of amides is 1. The van der Waals surface area contributed by atoms with Crippen LogP contribution in [0.5, 0.6) is 5.75 Å². The number of hydrogen-bond donors (Lipinski definition) is 2. The predicted molar refractivity (Wildman–Crippen MR) is 90.4 cm³/mol. The molecule has 0 spiro atoms. The standard InChI is InChI=1S/C17H22ClNO5/c1-9(8-23-4)24-12-6-5-10(18)7-11(12)19-15(20)13-14(16(21)22)17(13,2)3/h5-7,9,13-14H,8H2,1-4H3,(H,19,20)(H,21,22)/t9?,13-,14+/m0/s1. The number of hydrogen-bond acceptors (Lipinski definition) is 4. The van der Waals surface area contributed by atoms with Crippen LogP contribution in [0.2, 0.25) is 5.02 Å². The van der Waals surface area contributed by atoms with Crippen molar-refractivity contribution in [2.75, 3.05) is 19.0 Å². The van der Waals surface area contributed by atoms with Crippen molar-refractivity contribution in [2.24, 2.45) is 17.3 Å². The van der Waals surface area contributed by atoms with E-state index in [9.17, 15) is 14.7 Å². The highest BCUT2D eigenvalue weighted by molar-refractivity contribution is 6.31. The maximum Gasteiger partial charge on any atom is 0.307 e. The Bertz CT molecular complexity index is 646. The van der Waals surface area contributed by atoms with Crippen molar-refractivity contribution in [3.8, 4) is 5.75 Å². The molecule has 1 aromatic carbocycles. The van der Waals surface area contributed by atoms with Gasteiger partial charge in [0.1, 0.15) is 11.9 Å². The third-order valence-electron chi connectivity index (χ3n) is 4.30. The van der Waals surface area contributed by atoms with Gasteiger partial charge in [0.2, 0.25) is 5.91 Å². The summed E-state index contributed by atoms with van der Waals surface area (Å²) in [5.41, 5.74) is -0.152. The van der Waals surface area contributed by atoms with E-state index >= 15 is 0 Å². The van der Waals surface area contributed by atoms with E-state index in [1.54, 1.807) is 39.2 Å². The van der Waals surface area contributed by atoms with E-state index in [4.69, 9.17) is 21.1 Å². The van der Waals surface area contributed by atoms with E-state index in [-0.39, 0.29) is 12.0 Å². The highest BCUT2D eigenvalue weighted by Crippen LogP contribution is 2.58. The van der Waals surface area contributed by atoms with Gasteiger partial charge in [0, 0.05) is 12.1 Å². The quantitative estimate of drug-likeness (QED) is 0.785.